The van der Waals surface area contributed by atoms with Crippen molar-refractivity contribution in [1.29, 1.82) is 0 Å². The van der Waals surface area contributed by atoms with E-state index in [9.17, 15) is 12.3 Å². The molecule has 0 radical (unpaired) electrons. The van der Waals surface area contributed by atoms with Crippen molar-refractivity contribution in [3.05, 3.63) is 247 Å². The second kappa shape index (κ2) is 21.8. The van der Waals surface area contributed by atoms with Gasteiger partial charge >= 0.3 is 0 Å². The van der Waals surface area contributed by atoms with Gasteiger partial charge in [0.2, 0.25) is 0 Å². The van der Waals surface area contributed by atoms with Crippen LogP contribution in [0.1, 0.15) is 153 Å². The van der Waals surface area contributed by atoms with Gasteiger partial charge in [0.15, 0.2) is 0 Å². The molecule has 13 rings (SSSR count). The van der Waals surface area contributed by atoms with Crippen LogP contribution >= 0.6 is 0 Å². The molecular formula is C80H77N4OPt-3. The van der Waals surface area contributed by atoms with Crippen molar-refractivity contribution >= 4 is 44.6 Å². The molecule has 2 aliphatic rings. The first kappa shape index (κ1) is 42.0. The molecule has 11 aromatic rings. The number of para-hydroxylation sites is 3. The minimum absolute atomic E-state index is 0. The van der Waals surface area contributed by atoms with Gasteiger partial charge in [-0.15, -0.1) is 48.1 Å². The number of pyridine rings is 1. The topological polar surface area (TPSA) is 33.5 Å². The van der Waals surface area contributed by atoms with E-state index < -0.39 is 64.0 Å². The number of ether oxygens (including phenoxy) is 1. The first-order valence-electron chi connectivity index (χ1n) is 37.0. The summed E-state index contributed by atoms with van der Waals surface area (Å²) in [5.74, 6) is 0.575. The SMILES string of the molecule is [2H]c1c([2H])c([2H])c(-c2cnc(-n3c4[c-]c(Oc5[c-]c(N6[CH-]N(c7c(-c8c([2H])c([2H])c(-c9ccc(C(C)(C)C)cc9)c([2H])c8[2H])cc(C(C)(C)C)cc7-c7c([2H])c([2H])c8c(c7[2H])C(C)(C)CCC8(C)C)c7ccccc76)ccc5)ccc4c4c([2H])c([2H])c([2H])c([2H])c43)cc2C(C)(C)C)c([2H])c1[2H].[Pt]. The van der Waals surface area contributed by atoms with Crippen LogP contribution in [-0.2, 0) is 48.1 Å². The zero-order valence-corrected chi connectivity index (χ0v) is 53.1. The van der Waals surface area contributed by atoms with Crippen LogP contribution in [0.3, 0.4) is 0 Å². The zero-order chi connectivity index (χ0) is 73.3. The van der Waals surface area contributed by atoms with Gasteiger partial charge in [0.25, 0.3) is 0 Å². The molecule has 0 atom stereocenters. The molecule has 0 spiro atoms. The summed E-state index contributed by atoms with van der Waals surface area (Å²) in [5, 5.41) is 0.591. The van der Waals surface area contributed by atoms with Crippen molar-refractivity contribution < 1.29 is 47.7 Å². The number of rotatable bonds is 9. The van der Waals surface area contributed by atoms with Gasteiger partial charge in [-0.25, -0.2) is 4.98 Å². The fraction of sp³-hybridized carbons (Fsp3) is 0.250. The molecule has 0 saturated carbocycles. The third-order valence-electron chi connectivity index (χ3n) is 16.8. The molecule has 0 saturated heterocycles. The van der Waals surface area contributed by atoms with Crippen LogP contribution in [0.5, 0.6) is 11.5 Å². The van der Waals surface area contributed by atoms with E-state index in [4.69, 9.17) is 19.3 Å². The first-order chi connectivity index (χ1) is 47.2. The molecule has 3 heterocycles. The molecule has 0 fully saturated rings. The summed E-state index contributed by atoms with van der Waals surface area (Å²) < 4.78 is 158. The van der Waals surface area contributed by atoms with Gasteiger partial charge in [-0.05, 0) is 137 Å². The summed E-state index contributed by atoms with van der Waals surface area (Å²) in [6, 6.07) is 31.2. The minimum Gasteiger partial charge on any atom is -0.509 e. The molecule has 86 heavy (non-hydrogen) atoms. The summed E-state index contributed by atoms with van der Waals surface area (Å²) in [5.41, 5.74) is 5.27. The predicted octanol–water partition coefficient (Wildman–Crippen LogP) is 21.9. The Morgan fingerprint density at radius 2 is 1.13 bits per heavy atom. The molecule has 5 nitrogen and oxygen atoms in total. The average Bonchev–Trinajstić information content (AvgIpc) is 1.08. The molecule has 0 bridgehead atoms. The summed E-state index contributed by atoms with van der Waals surface area (Å²) in [4.78, 5) is 8.64. The van der Waals surface area contributed by atoms with E-state index in [0.29, 0.717) is 61.5 Å². The third kappa shape index (κ3) is 10.7. The van der Waals surface area contributed by atoms with E-state index >= 15 is 0 Å². The number of nitrogens with zero attached hydrogens (tertiary/aromatic N) is 4. The van der Waals surface area contributed by atoms with E-state index in [2.05, 4.69) is 60.6 Å². The largest absolute Gasteiger partial charge is 0.509 e. The number of fused-ring (bicyclic) bond motifs is 5. The van der Waals surface area contributed by atoms with Crippen molar-refractivity contribution in [3.63, 3.8) is 0 Å². The third-order valence-corrected chi connectivity index (χ3v) is 16.8. The van der Waals surface area contributed by atoms with E-state index in [-0.39, 0.29) is 142 Å². The molecule has 9 aromatic carbocycles. The fourth-order valence-corrected chi connectivity index (χ4v) is 11.8. The van der Waals surface area contributed by atoms with Crippen LogP contribution in [0, 0.1) is 18.8 Å². The number of hydrogen-bond donors (Lipinski definition) is 0. The van der Waals surface area contributed by atoms with E-state index in [0.717, 1.165) is 24.0 Å². The Morgan fingerprint density at radius 1 is 0.523 bits per heavy atom. The number of aromatic nitrogens is 2. The van der Waals surface area contributed by atoms with Crippen LogP contribution in [0.4, 0.5) is 22.7 Å². The fourth-order valence-electron chi connectivity index (χ4n) is 11.8. The van der Waals surface area contributed by atoms with Crippen molar-refractivity contribution in [1.82, 2.24) is 9.55 Å². The second-order valence-corrected chi connectivity index (χ2v) is 26.8. The maximum absolute atomic E-state index is 10.5. The van der Waals surface area contributed by atoms with Crippen LogP contribution in [0.25, 0.3) is 72.1 Å². The molecule has 0 amide bonds. The number of anilines is 4. The smallest absolute Gasteiger partial charge is 0.135 e. The summed E-state index contributed by atoms with van der Waals surface area (Å²) in [6.45, 7) is 28.3. The van der Waals surface area contributed by atoms with E-state index in [1.54, 1.807) is 34.9 Å². The van der Waals surface area contributed by atoms with E-state index in [1.807, 2.05) is 125 Å². The van der Waals surface area contributed by atoms with Gasteiger partial charge in [-0.2, -0.15) is 12.1 Å². The number of hydrogen-bond acceptors (Lipinski definition) is 4. The Balaban J connectivity index is 0.00000982. The molecule has 436 valence electrons. The average molecular weight is 1320 g/mol. The zero-order valence-electron chi connectivity index (χ0n) is 66.8. The van der Waals surface area contributed by atoms with Gasteiger partial charge in [0.1, 0.15) is 5.82 Å². The predicted molar refractivity (Wildman–Crippen MR) is 357 cm³/mol. The maximum Gasteiger partial charge on any atom is 0.135 e. The second-order valence-electron chi connectivity index (χ2n) is 26.8. The van der Waals surface area contributed by atoms with Gasteiger partial charge in [0.05, 0.1) is 21.9 Å². The standard InChI is InChI=1S/C80H77N4O.Pt/c1-76(2,3)57-37-34-53(35-38-57)52-30-32-55(33-31-52)64-45-58(77(4,5)6)46-65(56-36-41-67-69(44-56)80(12,13)43-42-79(67,10)11)75(64)83-51-82(71-28-19-20-29-72(71)83)59-24-21-25-60(47-59)85-61-39-40-63-62-26-17-18-27-70(62)84(73(63)48-61)74-49-68(78(7,8)9)66(50-81-74)54-22-15-14-16-23-54;/h14-41,44-46,49-51H,42-43H2,1-13H3;/q-3;/i14D,15D,16D,17D,18D,22D,23D,26D,27D,30D,31D,32D,33D,36D,41D,44D;. The monoisotopic (exact) mass is 1320 g/mol. The summed E-state index contributed by atoms with van der Waals surface area (Å²) in [7, 11) is 0. The van der Waals surface area contributed by atoms with Crippen LogP contribution in [0.2, 0.25) is 0 Å². The van der Waals surface area contributed by atoms with Gasteiger partial charge in [-0.1, -0.05) is 223 Å². The summed E-state index contributed by atoms with van der Waals surface area (Å²) >= 11 is 0. The number of benzene rings is 9. The van der Waals surface area contributed by atoms with Crippen LogP contribution < -0.4 is 14.5 Å². The van der Waals surface area contributed by atoms with Gasteiger partial charge < -0.3 is 19.1 Å². The van der Waals surface area contributed by atoms with Crippen molar-refractivity contribution in [2.45, 2.75) is 130 Å². The molecule has 0 unspecified atom stereocenters. The molecule has 2 aromatic heterocycles. The van der Waals surface area contributed by atoms with E-state index in [1.165, 1.54) is 6.20 Å². The molecular weight excluding hydrogens is 1230 g/mol. The Hall–Kier alpha value is -7.98. The quantitative estimate of drug-likeness (QED) is 0.135. The molecule has 6 heteroatoms. The van der Waals surface area contributed by atoms with Crippen molar-refractivity contribution in [2.24, 2.45) is 0 Å². The maximum atomic E-state index is 10.5. The van der Waals surface area contributed by atoms with Crippen LogP contribution in [0.15, 0.2) is 200 Å². The molecule has 1 aliphatic heterocycles. The Morgan fingerprint density at radius 3 is 1.81 bits per heavy atom. The van der Waals surface area contributed by atoms with Crippen molar-refractivity contribution in [2.75, 3.05) is 9.80 Å². The Labute approximate surface area is 547 Å². The first-order valence-corrected chi connectivity index (χ1v) is 29.0. The summed E-state index contributed by atoms with van der Waals surface area (Å²) in [6.07, 6.45) is 2.91. The Kier molecular flexibility index (Phi) is 10.6. The minimum atomic E-state index is -0.736. The Bertz CT molecular complexity index is 5300. The molecule has 1 aliphatic carbocycles. The van der Waals surface area contributed by atoms with Crippen LogP contribution in [-0.4, -0.2) is 9.55 Å². The van der Waals surface area contributed by atoms with Crippen molar-refractivity contribution in [3.8, 4) is 61.8 Å². The molecule has 0 N–H and O–H groups in total. The van der Waals surface area contributed by atoms with Gasteiger partial charge in [-0.3, -0.25) is 0 Å². The normalized spacial score (nSPS) is 17.3. The van der Waals surface area contributed by atoms with Gasteiger partial charge in [0, 0.05) is 78.0 Å².